The van der Waals surface area contributed by atoms with Gasteiger partial charge in [0.05, 0.1) is 12.2 Å². The SMILES string of the molecule is CCCCCCCCCC[C@H](O)[C@H](O)C/C=C/CC(C)C. The third kappa shape index (κ3) is 14.4. The van der Waals surface area contributed by atoms with Crippen molar-refractivity contribution in [3.63, 3.8) is 0 Å². The van der Waals surface area contributed by atoms with Crippen molar-refractivity contribution in [2.45, 2.75) is 104 Å². The number of allylic oxidation sites excluding steroid dienone is 1. The molecule has 2 nitrogen and oxygen atoms in total. The zero-order chi connectivity index (χ0) is 15.9. The number of aliphatic hydroxyl groups is 2. The molecule has 0 spiro atoms. The molecule has 0 aliphatic carbocycles. The molecule has 0 aromatic heterocycles. The maximum absolute atomic E-state index is 9.91. The summed E-state index contributed by atoms with van der Waals surface area (Å²) in [4.78, 5) is 0. The second-order valence-corrected chi connectivity index (χ2v) is 6.73. The lowest BCUT2D eigenvalue weighted by Gasteiger charge is -2.16. The molecule has 0 aliphatic rings. The summed E-state index contributed by atoms with van der Waals surface area (Å²) in [6.07, 6.45) is 15.5. The monoisotopic (exact) mass is 298 g/mol. The fourth-order valence-electron chi connectivity index (χ4n) is 2.44. The summed E-state index contributed by atoms with van der Waals surface area (Å²) >= 11 is 0. The Balaban J connectivity index is 3.47. The lowest BCUT2D eigenvalue weighted by molar-refractivity contribution is 0.0152. The van der Waals surface area contributed by atoms with Crippen LogP contribution in [-0.2, 0) is 0 Å². The molecule has 0 fully saturated rings. The van der Waals surface area contributed by atoms with E-state index < -0.39 is 12.2 Å². The second-order valence-electron chi connectivity index (χ2n) is 6.73. The van der Waals surface area contributed by atoms with Crippen LogP contribution in [0.3, 0.4) is 0 Å². The van der Waals surface area contributed by atoms with Gasteiger partial charge in [0.2, 0.25) is 0 Å². The van der Waals surface area contributed by atoms with Gasteiger partial charge in [-0.05, 0) is 25.2 Å². The predicted octanol–water partition coefficient (Wildman–Crippen LogP) is 5.23. The average Bonchev–Trinajstić information content (AvgIpc) is 2.45. The standard InChI is InChI=1S/C19H38O2/c1-4-5-6-7-8-9-10-11-15-18(20)19(21)16-13-12-14-17(2)3/h12-13,17-21H,4-11,14-16H2,1-3H3/b13-12+/t18-,19+/m0/s1. The van der Waals surface area contributed by atoms with E-state index in [9.17, 15) is 10.2 Å². The molecule has 126 valence electrons. The molecule has 0 aliphatic heterocycles. The fourth-order valence-corrected chi connectivity index (χ4v) is 2.44. The van der Waals surface area contributed by atoms with Crippen molar-refractivity contribution in [2.75, 3.05) is 0 Å². The molecular weight excluding hydrogens is 260 g/mol. The van der Waals surface area contributed by atoms with E-state index in [1.807, 2.05) is 6.08 Å². The Morgan fingerprint density at radius 3 is 1.81 bits per heavy atom. The van der Waals surface area contributed by atoms with E-state index in [1.165, 1.54) is 44.9 Å². The first-order chi connectivity index (χ1) is 10.1. The van der Waals surface area contributed by atoms with Gasteiger partial charge < -0.3 is 10.2 Å². The molecule has 0 saturated heterocycles. The van der Waals surface area contributed by atoms with Crippen LogP contribution in [0.15, 0.2) is 12.2 Å². The first-order valence-electron chi connectivity index (χ1n) is 9.09. The van der Waals surface area contributed by atoms with Gasteiger partial charge in [0.15, 0.2) is 0 Å². The van der Waals surface area contributed by atoms with Gasteiger partial charge in [-0.1, -0.05) is 84.3 Å². The minimum Gasteiger partial charge on any atom is -0.390 e. The van der Waals surface area contributed by atoms with Crippen LogP contribution in [0.25, 0.3) is 0 Å². The predicted molar refractivity (Wildman–Crippen MR) is 92.5 cm³/mol. The molecule has 0 bridgehead atoms. The molecule has 0 unspecified atom stereocenters. The highest BCUT2D eigenvalue weighted by molar-refractivity contribution is 4.86. The van der Waals surface area contributed by atoms with Crippen LogP contribution in [0, 0.1) is 5.92 Å². The lowest BCUT2D eigenvalue weighted by atomic mass is 10.0. The molecule has 2 heteroatoms. The Kier molecular flexibility index (Phi) is 14.4. The van der Waals surface area contributed by atoms with Gasteiger partial charge in [-0.15, -0.1) is 0 Å². The molecule has 0 aromatic rings. The van der Waals surface area contributed by atoms with Gasteiger partial charge in [-0.25, -0.2) is 0 Å². The van der Waals surface area contributed by atoms with Gasteiger partial charge in [0.25, 0.3) is 0 Å². The van der Waals surface area contributed by atoms with Crippen LogP contribution < -0.4 is 0 Å². The highest BCUT2D eigenvalue weighted by atomic mass is 16.3. The molecule has 0 aromatic carbocycles. The van der Waals surface area contributed by atoms with Gasteiger partial charge in [0, 0.05) is 0 Å². The summed E-state index contributed by atoms with van der Waals surface area (Å²) in [7, 11) is 0. The van der Waals surface area contributed by atoms with Crippen molar-refractivity contribution in [1.82, 2.24) is 0 Å². The smallest absolute Gasteiger partial charge is 0.0833 e. The number of rotatable bonds is 14. The van der Waals surface area contributed by atoms with Crippen LogP contribution in [-0.4, -0.2) is 22.4 Å². The third-order valence-corrected chi connectivity index (χ3v) is 3.95. The Morgan fingerprint density at radius 1 is 0.714 bits per heavy atom. The minimum absolute atomic E-state index is 0.561. The van der Waals surface area contributed by atoms with Crippen LogP contribution in [0.4, 0.5) is 0 Å². The number of hydrogen-bond acceptors (Lipinski definition) is 2. The Hall–Kier alpha value is -0.340. The molecule has 21 heavy (non-hydrogen) atoms. The molecule has 2 atom stereocenters. The molecular formula is C19H38O2. The maximum Gasteiger partial charge on any atom is 0.0833 e. The summed E-state index contributed by atoms with van der Waals surface area (Å²) in [5.41, 5.74) is 0. The van der Waals surface area contributed by atoms with Crippen molar-refractivity contribution in [3.8, 4) is 0 Å². The number of hydrogen-bond donors (Lipinski definition) is 2. The molecule has 0 radical (unpaired) electrons. The summed E-state index contributed by atoms with van der Waals surface area (Å²) in [6, 6.07) is 0. The van der Waals surface area contributed by atoms with Crippen molar-refractivity contribution in [3.05, 3.63) is 12.2 Å². The number of unbranched alkanes of at least 4 members (excludes halogenated alkanes) is 7. The summed E-state index contributed by atoms with van der Waals surface area (Å²) < 4.78 is 0. The van der Waals surface area contributed by atoms with E-state index in [2.05, 4.69) is 26.8 Å². The van der Waals surface area contributed by atoms with Crippen molar-refractivity contribution in [2.24, 2.45) is 5.92 Å². The van der Waals surface area contributed by atoms with Crippen LogP contribution in [0.2, 0.25) is 0 Å². The van der Waals surface area contributed by atoms with E-state index in [4.69, 9.17) is 0 Å². The summed E-state index contributed by atoms with van der Waals surface area (Å²) in [5, 5.41) is 19.8. The highest BCUT2D eigenvalue weighted by Crippen LogP contribution is 2.13. The van der Waals surface area contributed by atoms with Gasteiger partial charge in [-0.2, -0.15) is 0 Å². The first kappa shape index (κ1) is 20.7. The highest BCUT2D eigenvalue weighted by Gasteiger charge is 2.13. The van der Waals surface area contributed by atoms with Gasteiger partial charge in [0.1, 0.15) is 0 Å². The van der Waals surface area contributed by atoms with Gasteiger partial charge >= 0.3 is 0 Å². The zero-order valence-electron chi connectivity index (χ0n) is 14.6. The van der Waals surface area contributed by atoms with Crippen LogP contribution >= 0.6 is 0 Å². The zero-order valence-corrected chi connectivity index (χ0v) is 14.6. The van der Waals surface area contributed by atoms with Crippen LogP contribution in [0.1, 0.15) is 91.4 Å². The maximum atomic E-state index is 9.91. The molecule has 0 rings (SSSR count). The Morgan fingerprint density at radius 2 is 1.24 bits per heavy atom. The molecule has 0 saturated carbocycles. The largest absolute Gasteiger partial charge is 0.390 e. The van der Waals surface area contributed by atoms with E-state index in [1.54, 1.807) is 0 Å². The fraction of sp³-hybridized carbons (Fsp3) is 0.895. The van der Waals surface area contributed by atoms with Gasteiger partial charge in [-0.3, -0.25) is 0 Å². The second kappa shape index (κ2) is 14.6. The first-order valence-corrected chi connectivity index (χ1v) is 9.09. The normalized spacial score (nSPS) is 15.0. The van der Waals surface area contributed by atoms with E-state index in [0.717, 1.165) is 19.3 Å². The van der Waals surface area contributed by atoms with E-state index in [-0.39, 0.29) is 0 Å². The molecule has 0 heterocycles. The molecule has 0 amide bonds. The van der Waals surface area contributed by atoms with Crippen molar-refractivity contribution >= 4 is 0 Å². The number of aliphatic hydroxyl groups excluding tert-OH is 2. The minimum atomic E-state index is -0.599. The molecule has 2 N–H and O–H groups in total. The van der Waals surface area contributed by atoms with Crippen molar-refractivity contribution in [1.29, 1.82) is 0 Å². The topological polar surface area (TPSA) is 40.5 Å². The van der Waals surface area contributed by atoms with Crippen molar-refractivity contribution < 1.29 is 10.2 Å². The lowest BCUT2D eigenvalue weighted by Crippen LogP contribution is -2.25. The van der Waals surface area contributed by atoms with E-state index >= 15 is 0 Å². The Bertz CT molecular complexity index is 236. The summed E-state index contributed by atoms with van der Waals surface area (Å²) in [6.45, 7) is 6.60. The average molecular weight is 299 g/mol. The summed E-state index contributed by atoms with van der Waals surface area (Å²) in [5.74, 6) is 0.653. The van der Waals surface area contributed by atoms with Crippen LogP contribution in [0.5, 0.6) is 0 Å². The van der Waals surface area contributed by atoms with E-state index in [0.29, 0.717) is 12.3 Å². The Labute approximate surface area is 132 Å². The quantitative estimate of drug-likeness (QED) is 0.340. The third-order valence-electron chi connectivity index (χ3n) is 3.95.